The molecule has 3 nitrogen and oxygen atoms in total. The molecule has 0 amide bonds. The molecule has 0 aliphatic carbocycles. The zero-order chi connectivity index (χ0) is 12.5. The Morgan fingerprint density at radius 1 is 1.28 bits per heavy atom. The third kappa shape index (κ3) is 2.03. The first-order valence-electron chi connectivity index (χ1n) is 6.96. The molecule has 3 heteroatoms. The van der Waals surface area contributed by atoms with Crippen LogP contribution < -0.4 is 0 Å². The summed E-state index contributed by atoms with van der Waals surface area (Å²) in [6.07, 6.45) is 3.85. The minimum atomic E-state index is 0.464. The van der Waals surface area contributed by atoms with Crippen molar-refractivity contribution in [3.63, 3.8) is 0 Å². The Morgan fingerprint density at radius 2 is 2.11 bits per heavy atom. The molecule has 18 heavy (non-hydrogen) atoms. The van der Waals surface area contributed by atoms with E-state index in [0.717, 1.165) is 16.9 Å². The summed E-state index contributed by atoms with van der Waals surface area (Å²) in [7, 11) is 0. The molecular weight excluding hydrogens is 222 g/mol. The summed E-state index contributed by atoms with van der Waals surface area (Å²) >= 11 is 0. The van der Waals surface area contributed by atoms with Crippen LogP contribution in [-0.4, -0.2) is 27.5 Å². The first-order valence-corrected chi connectivity index (χ1v) is 6.96. The molecule has 0 saturated carbocycles. The molecule has 0 radical (unpaired) electrons. The van der Waals surface area contributed by atoms with Crippen LogP contribution in [0.4, 0.5) is 0 Å². The molecule has 1 aliphatic rings. The average Bonchev–Trinajstić information content (AvgIpc) is 2.82. The van der Waals surface area contributed by atoms with Crippen LogP contribution >= 0.6 is 0 Å². The molecule has 0 bridgehead atoms. The van der Waals surface area contributed by atoms with E-state index < -0.39 is 0 Å². The van der Waals surface area contributed by atoms with Gasteiger partial charge in [0.25, 0.3) is 0 Å². The van der Waals surface area contributed by atoms with Crippen LogP contribution in [0.2, 0.25) is 0 Å². The van der Waals surface area contributed by atoms with E-state index in [1.54, 1.807) is 0 Å². The number of rotatable bonds is 2. The molecule has 1 aromatic carbocycles. The van der Waals surface area contributed by atoms with Gasteiger partial charge in [0.1, 0.15) is 5.82 Å². The van der Waals surface area contributed by atoms with Crippen LogP contribution in [0.25, 0.3) is 11.0 Å². The minimum absolute atomic E-state index is 0.464. The van der Waals surface area contributed by atoms with E-state index in [-0.39, 0.29) is 0 Å². The maximum atomic E-state index is 4.77. The molecule has 2 aromatic rings. The van der Waals surface area contributed by atoms with E-state index >= 15 is 0 Å². The maximum Gasteiger partial charge on any atom is 0.124 e. The van der Waals surface area contributed by atoms with Gasteiger partial charge in [-0.05, 0) is 45.4 Å². The fraction of sp³-hybridized carbons (Fsp3) is 0.533. The Kier molecular flexibility index (Phi) is 3.08. The Balaban J connectivity index is 1.96. The third-order valence-corrected chi connectivity index (χ3v) is 3.93. The molecule has 1 unspecified atom stereocenters. The number of fused-ring (bicyclic) bond motifs is 1. The summed E-state index contributed by atoms with van der Waals surface area (Å²) in [6.45, 7) is 5.75. The second-order valence-electron chi connectivity index (χ2n) is 5.48. The Hall–Kier alpha value is -1.35. The van der Waals surface area contributed by atoms with Gasteiger partial charge in [0.2, 0.25) is 0 Å². The third-order valence-electron chi connectivity index (χ3n) is 3.93. The number of hydrogen-bond acceptors (Lipinski definition) is 2. The Morgan fingerprint density at radius 3 is 2.89 bits per heavy atom. The number of nitrogens with zero attached hydrogens (tertiary/aromatic N) is 2. The van der Waals surface area contributed by atoms with Gasteiger partial charge in [-0.1, -0.05) is 18.6 Å². The lowest BCUT2D eigenvalue weighted by atomic mass is 10.00. The molecule has 3 rings (SSSR count). The monoisotopic (exact) mass is 243 g/mol. The van der Waals surface area contributed by atoms with Gasteiger partial charge in [0, 0.05) is 6.04 Å². The first-order chi connectivity index (χ1) is 8.75. The van der Waals surface area contributed by atoms with Gasteiger partial charge in [-0.3, -0.25) is 4.90 Å². The predicted octanol–water partition coefficient (Wildman–Crippen LogP) is 3.50. The highest BCUT2D eigenvalue weighted by Gasteiger charge is 2.27. The lowest BCUT2D eigenvalue weighted by Gasteiger charge is -2.37. The van der Waals surface area contributed by atoms with Crippen LogP contribution in [0.3, 0.4) is 0 Å². The molecule has 96 valence electrons. The Labute approximate surface area is 108 Å². The molecule has 2 heterocycles. The van der Waals surface area contributed by atoms with Gasteiger partial charge in [0.05, 0.1) is 17.1 Å². The SMILES string of the molecule is CC(C)N1CCCCC1c1nc2ccccc2[nH]1. The van der Waals surface area contributed by atoms with E-state index in [4.69, 9.17) is 4.98 Å². The molecule has 1 atom stereocenters. The topological polar surface area (TPSA) is 31.9 Å². The minimum Gasteiger partial charge on any atom is -0.341 e. The lowest BCUT2D eigenvalue weighted by molar-refractivity contribution is 0.107. The van der Waals surface area contributed by atoms with Crippen LogP contribution in [0.15, 0.2) is 24.3 Å². The van der Waals surface area contributed by atoms with Crippen molar-refractivity contribution in [2.45, 2.75) is 45.2 Å². The van der Waals surface area contributed by atoms with Crippen LogP contribution in [0.5, 0.6) is 0 Å². The van der Waals surface area contributed by atoms with Gasteiger partial charge in [0.15, 0.2) is 0 Å². The van der Waals surface area contributed by atoms with Gasteiger partial charge in [-0.25, -0.2) is 4.98 Å². The number of piperidine rings is 1. The standard InChI is InChI=1S/C15H21N3/c1-11(2)18-10-6-5-9-14(18)15-16-12-7-3-4-8-13(12)17-15/h3-4,7-8,11,14H,5-6,9-10H2,1-2H3,(H,16,17). The maximum absolute atomic E-state index is 4.77. The largest absolute Gasteiger partial charge is 0.341 e. The summed E-state index contributed by atoms with van der Waals surface area (Å²) in [6, 6.07) is 9.35. The van der Waals surface area contributed by atoms with Crippen molar-refractivity contribution in [3.8, 4) is 0 Å². The molecule has 1 saturated heterocycles. The van der Waals surface area contributed by atoms with Gasteiger partial charge < -0.3 is 4.98 Å². The fourth-order valence-corrected chi connectivity index (χ4v) is 3.00. The summed E-state index contributed by atoms with van der Waals surface area (Å²) < 4.78 is 0. The molecule has 0 spiro atoms. The highest BCUT2D eigenvalue weighted by atomic mass is 15.2. The number of para-hydroxylation sites is 2. The number of likely N-dealkylation sites (tertiary alicyclic amines) is 1. The zero-order valence-electron chi connectivity index (χ0n) is 11.2. The second kappa shape index (κ2) is 4.73. The van der Waals surface area contributed by atoms with Crippen molar-refractivity contribution >= 4 is 11.0 Å². The molecular formula is C15H21N3. The van der Waals surface area contributed by atoms with Crippen LogP contribution in [0.1, 0.15) is 45.0 Å². The number of aromatic nitrogens is 2. The number of benzene rings is 1. The van der Waals surface area contributed by atoms with Gasteiger partial charge >= 0.3 is 0 Å². The number of nitrogens with one attached hydrogen (secondary N) is 1. The van der Waals surface area contributed by atoms with Crippen molar-refractivity contribution in [3.05, 3.63) is 30.1 Å². The summed E-state index contributed by atoms with van der Waals surface area (Å²) in [5.74, 6) is 1.14. The summed E-state index contributed by atoms with van der Waals surface area (Å²) in [5, 5.41) is 0. The molecule has 1 N–H and O–H groups in total. The average molecular weight is 243 g/mol. The normalized spacial score (nSPS) is 21.8. The van der Waals surface area contributed by atoms with Crippen molar-refractivity contribution in [2.24, 2.45) is 0 Å². The van der Waals surface area contributed by atoms with Gasteiger partial charge in [-0.15, -0.1) is 0 Å². The predicted molar refractivity (Wildman–Crippen MR) is 74.5 cm³/mol. The van der Waals surface area contributed by atoms with Crippen LogP contribution in [0, 0.1) is 0 Å². The quantitative estimate of drug-likeness (QED) is 0.875. The smallest absolute Gasteiger partial charge is 0.124 e. The van der Waals surface area contributed by atoms with E-state index in [9.17, 15) is 0 Å². The molecule has 1 fully saturated rings. The van der Waals surface area contributed by atoms with Crippen molar-refractivity contribution < 1.29 is 0 Å². The van der Waals surface area contributed by atoms with E-state index in [1.807, 2.05) is 6.07 Å². The number of imidazole rings is 1. The van der Waals surface area contributed by atoms with Gasteiger partial charge in [-0.2, -0.15) is 0 Å². The van der Waals surface area contributed by atoms with E-state index in [0.29, 0.717) is 12.1 Å². The molecule has 1 aromatic heterocycles. The Bertz CT molecular complexity index is 496. The second-order valence-corrected chi connectivity index (χ2v) is 5.48. The highest BCUT2D eigenvalue weighted by molar-refractivity contribution is 5.74. The molecule has 1 aliphatic heterocycles. The number of hydrogen-bond donors (Lipinski definition) is 1. The zero-order valence-corrected chi connectivity index (χ0v) is 11.2. The van der Waals surface area contributed by atoms with Crippen molar-refractivity contribution in [1.29, 1.82) is 0 Å². The summed E-state index contributed by atoms with van der Waals surface area (Å²) in [4.78, 5) is 10.8. The van der Waals surface area contributed by atoms with Crippen molar-refractivity contribution in [1.82, 2.24) is 14.9 Å². The highest BCUT2D eigenvalue weighted by Crippen LogP contribution is 2.31. The van der Waals surface area contributed by atoms with Crippen molar-refractivity contribution in [2.75, 3.05) is 6.54 Å². The van der Waals surface area contributed by atoms with E-state index in [2.05, 4.69) is 41.9 Å². The fourth-order valence-electron chi connectivity index (χ4n) is 3.00. The number of aromatic amines is 1. The van der Waals surface area contributed by atoms with E-state index in [1.165, 1.54) is 25.8 Å². The first kappa shape index (κ1) is 11.7. The van der Waals surface area contributed by atoms with Crippen LogP contribution in [-0.2, 0) is 0 Å². The lowest BCUT2D eigenvalue weighted by Crippen LogP contribution is -2.38. The summed E-state index contributed by atoms with van der Waals surface area (Å²) in [5.41, 5.74) is 2.24. The number of H-pyrrole nitrogens is 1.